The number of nitrogen functional groups attached to an aromatic ring is 1. The number of amides is 1. The molecule has 0 aliphatic carbocycles. The summed E-state index contributed by atoms with van der Waals surface area (Å²) in [7, 11) is 3.26. The summed E-state index contributed by atoms with van der Waals surface area (Å²) < 4.78 is 5.06. The Hall–Kier alpha value is -2.56. The summed E-state index contributed by atoms with van der Waals surface area (Å²) in [5.74, 6) is 1.12. The molecule has 0 unspecified atom stereocenters. The molecule has 0 spiro atoms. The maximum absolute atomic E-state index is 12.2. The van der Waals surface area contributed by atoms with Crippen LogP contribution < -0.4 is 15.4 Å². The Bertz CT molecular complexity index is 564. The van der Waals surface area contributed by atoms with E-state index in [-0.39, 0.29) is 5.91 Å². The van der Waals surface area contributed by atoms with Crippen molar-refractivity contribution in [2.24, 2.45) is 0 Å². The number of hydrogen-bond donors (Lipinski definition) is 1. The number of ether oxygens (including phenoxy) is 1. The van der Waals surface area contributed by atoms with Gasteiger partial charge in [-0.15, -0.1) is 0 Å². The van der Waals surface area contributed by atoms with Gasteiger partial charge in [0.25, 0.3) is 5.91 Å². The Morgan fingerprint density at radius 3 is 2.42 bits per heavy atom. The number of pyridine rings is 1. The van der Waals surface area contributed by atoms with Crippen molar-refractivity contribution in [3.05, 3.63) is 48.2 Å². The first-order valence-electron chi connectivity index (χ1n) is 5.75. The third-order valence-electron chi connectivity index (χ3n) is 2.76. The molecule has 2 aromatic rings. The fourth-order valence-corrected chi connectivity index (χ4v) is 1.63. The summed E-state index contributed by atoms with van der Waals surface area (Å²) in [6, 6.07) is 10.3. The Labute approximate surface area is 111 Å². The fraction of sp³-hybridized carbons (Fsp3) is 0.143. The van der Waals surface area contributed by atoms with Gasteiger partial charge < -0.3 is 10.5 Å². The standard InChI is InChI=1S/C14H15N3O2/c1-17(13-8-5-11(15)9-16-13)14(18)10-3-6-12(19-2)7-4-10/h3-9H,15H2,1-2H3. The van der Waals surface area contributed by atoms with Crippen LogP contribution in [-0.4, -0.2) is 25.0 Å². The van der Waals surface area contributed by atoms with Gasteiger partial charge in [0.1, 0.15) is 11.6 Å². The van der Waals surface area contributed by atoms with Crippen molar-refractivity contribution < 1.29 is 9.53 Å². The summed E-state index contributed by atoms with van der Waals surface area (Å²) in [6.45, 7) is 0. The predicted octanol–water partition coefficient (Wildman–Crippen LogP) is 1.95. The highest BCUT2D eigenvalue weighted by atomic mass is 16.5. The fourth-order valence-electron chi connectivity index (χ4n) is 1.63. The summed E-state index contributed by atoms with van der Waals surface area (Å²) in [5.41, 5.74) is 6.70. The van der Waals surface area contributed by atoms with Gasteiger partial charge in [-0.3, -0.25) is 9.69 Å². The molecular formula is C14H15N3O2. The van der Waals surface area contributed by atoms with E-state index >= 15 is 0 Å². The van der Waals surface area contributed by atoms with Crippen LogP contribution in [0.1, 0.15) is 10.4 Å². The molecule has 0 atom stereocenters. The second-order valence-corrected chi connectivity index (χ2v) is 4.04. The Morgan fingerprint density at radius 2 is 1.89 bits per heavy atom. The third kappa shape index (κ3) is 2.82. The highest BCUT2D eigenvalue weighted by molar-refractivity contribution is 6.05. The molecule has 0 aliphatic rings. The number of methoxy groups -OCH3 is 1. The number of hydrogen-bond acceptors (Lipinski definition) is 4. The number of nitrogens with two attached hydrogens (primary N) is 1. The van der Waals surface area contributed by atoms with Crippen molar-refractivity contribution in [2.75, 3.05) is 24.8 Å². The first-order valence-corrected chi connectivity index (χ1v) is 5.75. The van der Waals surface area contributed by atoms with Crippen LogP contribution in [0.3, 0.4) is 0 Å². The van der Waals surface area contributed by atoms with Gasteiger partial charge in [0.2, 0.25) is 0 Å². The SMILES string of the molecule is COc1ccc(C(=O)N(C)c2ccc(N)cn2)cc1. The topological polar surface area (TPSA) is 68.5 Å². The minimum atomic E-state index is -0.139. The van der Waals surface area contributed by atoms with E-state index in [2.05, 4.69) is 4.98 Å². The van der Waals surface area contributed by atoms with Crippen molar-refractivity contribution in [1.29, 1.82) is 0 Å². The lowest BCUT2D eigenvalue weighted by atomic mass is 10.2. The molecule has 19 heavy (non-hydrogen) atoms. The number of nitrogens with zero attached hydrogens (tertiary/aromatic N) is 2. The van der Waals surface area contributed by atoms with E-state index in [4.69, 9.17) is 10.5 Å². The van der Waals surface area contributed by atoms with Gasteiger partial charge in [-0.2, -0.15) is 0 Å². The molecule has 1 aromatic carbocycles. The maximum atomic E-state index is 12.2. The molecule has 5 nitrogen and oxygen atoms in total. The smallest absolute Gasteiger partial charge is 0.259 e. The maximum Gasteiger partial charge on any atom is 0.259 e. The lowest BCUT2D eigenvalue weighted by Gasteiger charge is -2.16. The molecule has 0 bridgehead atoms. The molecule has 1 amide bonds. The second-order valence-electron chi connectivity index (χ2n) is 4.04. The van der Waals surface area contributed by atoms with Crippen molar-refractivity contribution >= 4 is 17.4 Å². The van der Waals surface area contributed by atoms with Crippen LogP contribution in [0.5, 0.6) is 5.75 Å². The molecule has 1 aromatic heterocycles. The average Bonchev–Trinajstić information content (AvgIpc) is 2.46. The van der Waals surface area contributed by atoms with Crippen LogP contribution in [0.4, 0.5) is 11.5 Å². The lowest BCUT2D eigenvalue weighted by molar-refractivity contribution is 0.0992. The quantitative estimate of drug-likeness (QED) is 0.912. The van der Waals surface area contributed by atoms with Gasteiger partial charge in [0.05, 0.1) is 19.0 Å². The van der Waals surface area contributed by atoms with Crippen LogP contribution in [0.15, 0.2) is 42.6 Å². The first-order chi connectivity index (χ1) is 9.11. The second kappa shape index (κ2) is 5.39. The molecule has 0 saturated carbocycles. The van der Waals surface area contributed by atoms with Crippen LogP contribution >= 0.6 is 0 Å². The Balaban J connectivity index is 2.20. The van der Waals surface area contributed by atoms with E-state index in [1.54, 1.807) is 50.6 Å². The number of benzene rings is 1. The van der Waals surface area contributed by atoms with Crippen molar-refractivity contribution in [2.45, 2.75) is 0 Å². The Kier molecular flexibility index (Phi) is 3.66. The highest BCUT2D eigenvalue weighted by Crippen LogP contribution is 2.16. The van der Waals surface area contributed by atoms with Gasteiger partial charge in [0, 0.05) is 12.6 Å². The van der Waals surface area contributed by atoms with Crippen molar-refractivity contribution in [3.63, 3.8) is 0 Å². The monoisotopic (exact) mass is 257 g/mol. The van der Waals surface area contributed by atoms with E-state index in [0.29, 0.717) is 22.8 Å². The van der Waals surface area contributed by atoms with E-state index < -0.39 is 0 Å². The number of rotatable bonds is 3. The first kappa shape index (κ1) is 12.9. The molecule has 0 radical (unpaired) electrons. The van der Waals surface area contributed by atoms with E-state index in [9.17, 15) is 4.79 Å². The lowest BCUT2D eigenvalue weighted by Crippen LogP contribution is -2.26. The molecule has 5 heteroatoms. The molecular weight excluding hydrogens is 242 g/mol. The van der Waals surface area contributed by atoms with Crippen LogP contribution in [0.25, 0.3) is 0 Å². The van der Waals surface area contributed by atoms with Gasteiger partial charge in [0.15, 0.2) is 0 Å². The van der Waals surface area contributed by atoms with E-state index in [1.807, 2.05) is 0 Å². The van der Waals surface area contributed by atoms with Gasteiger partial charge in [-0.05, 0) is 36.4 Å². The number of carbonyl (C=O) groups excluding carboxylic acids is 1. The minimum absolute atomic E-state index is 0.139. The van der Waals surface area contributed by atoms with Crippen molar-refractivity contribution in [1.82, 2.24) is 4.98 Å². The largest absolute Gasteiger partial charge is 0.497 e. The van der Waals surface area contributed by atoms with Gasteiger partial charge in [-0.1, -0.05) is 0 Å². The third-order valence-corrected chi connectivity index (χ3v) is 2.76. The average molecular weight is 257 g/mol. The molecule has 2 rings (SSSR count). The number of carbonyl (C=O) groups is 1. The number of aromatic nitrogens is 1. The molecule has 0 fully saturated rings. The van der Waals surface area contributed by atoms with Gasteiger partial charge >= 0.3 is 0 Å². The minimum Gasteiger partial charge on any atom is -0.497 e. The Morgan fingerprint density at radius 1 is 1.21 bits per heavy atom. The summed E-state index contributed by atoms with van der Waals surface area (Å²) in [6.07, 6.45) is 1.52. The van der Waals surface area contributed by atoms with Crippen LogP contribution in [0, 0.1) is 0 Å². The highest BCUT2D eigenvalue weighted by Gasteiger charge is 2.14. The summed E-state index contributed by atoms with van der Waals surface area (Å²) in [5, 5.41) is 0. The molecule has 0 aliphatic heterocycles. The number of anilines is 2. The normalized spacial score (nSPS) is 10.0. The zero-order valence-electron chi connectivity index (χ0n) is 10.8. The predicted molar refractivity (Wildman–Crippen MR) is 74.4 cm³/mol. The molecule has 0 saturated heterocycles. The summed E-state index contributed by atoms with van der Waals surface area (Å²) >= 11 is 0. The molecule has 2 N–H and O–H groups in total. The zero-order valence-corrected chi connectivity index (χ0v) is 10.8. The van der Waals surface area contributed by atoms with E-state index in [0.717, 1.165) is 0 Å². The molecule has 1 heterocycles. The molecule has 98 valence electrons. The van der Waals surface area contributed by atoms with Gasteiger partial charge in [-0.25, -0.2) is 4.98 Å². The van der Waals surface area contributed by atoms with E-state index in [1.165, 1.54) is 11.1 Å². The van der Waals surface area contributed by atoms with Crippen molar-refractivity contribution in [3.8, 4) is 5.75 Å². The van der Waals surface area contributed by atoms with Crippen LogP contribution in [-0.2, 0) is 0 Å². The summed E-state index contributed by atoms with van der Waals surface area (Å²) in [4.78, 5) is 17.8. The zero-order chi connectivity index (χ0) is 13.8. The van der Waals surface area contributed by atoms with Crippen LogP contribution in [0.2, 0.25) is 0 Å².